The fourth-order valence-corrected chi connectivity index (χ4v) is 4.84. The van der Waals surface area contributed by atoms with Gasteiger partial charge in [0, 0.05) is 22.2 Å². The summed E-state index contributed by atoms with van der Waals surface area (Å²) in [5.74, 6) is 0. The average molecular weight is 364 g/mol. The van der Waals surface area contributed by atoms with Crippen LogP contribution in [0.4, 0.5) is 11.4 Å². The first-order chi connectivity index (χ1) is 13.5. The summed E-state index contributed by atoms with van der Waals surface area (Å²) in [7, 11) is 0. The van der Waals surface area contributed by atoms with Gasteiger partial charge in [0.1, 0.15) is 0 Å². The van der Waals surface area contributed by atoms with E-state index in [1.54, 1.807) is 0 Å². The topological polar surface area (TPSA) is 12.0 Å². The molecule has 0 spiro atoms. The minimum Gasteiger partial charge on any atom is -0.355 e. The SMILES string of the molecule is Cc1cccc2c(Nc3ccc4c(c3)C(C)(C)c3ccccc3-4)ccc(C)c12. The third-order valence-electron chi connectivity index (χ3n) is 6.32. The Kier molecular flexibility index (Phi) is 3.64. The second kappa shape index (κ2) is 5.97. The number of rotatable bonds is 2. The van der Waals surface area contributed by atoms with Crippen molar-refractivity contribution in [3.63, 3.8) is 0 Å². The van der Waals surface area contributed by atoms with E-state index >= 15 is 0 Å². The van der Waals surface area contributed by atoms with Crippen LogP contribution >= 0.6 is 0 Å². The second-order valence-corrected chi connectivity index (χ2v) is 8.48. The van der Waals surface area contributed by atoms with E-state index in [1.165, 1.54) is 44.2 Å². The number of nitrogens with one attached hydrogen (secondary N) is 1. The Labute approximate surface area is 167 Å². The van der Waals surface area contributed by atoms with Crippen LogP contribution in [0.25, 0.3) is 21.9 Å². The van der Waals surface area contributed by atoms with Gasteiger partial charge in [0.05, 0.1) is 0 Å². The zero-order valence-electron chi connectivity index (χ0n) is 16.9. The summed E-state index contributed by atoms with van der Waals surface area (Å²) in [4.78, 5) is 0. The summed E-state index contributed by atoms with van der Waals surface area (Å²) in [5.41, 5.74) is 10.5. The molecule has 0 bridgehead atoms. The summed E-state index contributed by atoms with van der Waals surface area (Å²) in [6.07, 6.45) is 0. The summed E-state index contributed by atoms with van der Waals surface area (Å²) < 4.78 is 0. The molecule has 1 aliphatic carbocycles. The first-order valence-corrected chi connectivity index (χ1v) is 9.97. The third kappa shape index (κ3) is 2.39. The highest BCUT2D eigenvalue weighted by molar-refractivity contribution is 5.99. The van der Waals surface area contributed by atoms with Crippen molar-refractivity contribution in [2.24, 2.45) is 0 Å². The van der Waals surface area contributed by atoms with Gasteiger partial charge in [0.15, 0.2) is 0 Å². The molecule has 4 aromatic carbocycles. The van der Waals surface area contributed by atoms with E-state index in [1.807, 2.05) is 0 Å². The molecule has 0 atom stereocenters. The smallest absolute Gasteiger partial charge is 0.0464 e. The molecule has 0 aliphatic heterocycles. The van der Waals surface area contributed by atoms with Gasteiger partial charge in [-0.25, -0.2) is 0 Å². The van der Waals surface area contributed by atoms with Gasteiger partial charge in [0.2, 0.25) is 0 Å². The fraction of sp³-hybridized carbons (Fsp3) is 0.185. The Morgan fingerprint density at radius 2 is 1.43 bits per heavy atom. The lowest BCUT2D eigenvalue weighted by molar-refractivity contribution is 0.660. The first-order valence-electron chi connectivity index (χ1n) is 9.97. The van der Waals surface area contributed by atoms with Crippen LogP contribution in [0.5, 0.6) is 0 Å². The number of aryl methyl sites for hydroxylation is 2. The highest BCUT2D eigenvalue weighted by atomic mass is 14.9. The minimum absolute atomic E-state index is 0.0234. The Morgan fingerprint density at radius 1 is 0.679 bits per heavy atom. The molecule has 0 aromatic heterocycles. The highest BCUT2D eigenvalue weighted by Gasteiger charge is 2.35. The molecule has 0 saturated carbocycles. The van der Waals surface area contributed by atoms with Crippen molar-refractivity contribution >= 4 is 22.1 Å². The molecule has 1 N–H and O–H groups in total. The molecule has 0 unspecified atom stereocenters. The second-order valence-electron chi connectivity index (χ2n) is 8.48. The largest absolute Gasteiger partial charge is 0.355 e. The quantitative estimate of drug-likeness (QED) is 0.388. The van der Waals surface area contributed by atoms with Crippen LogP contribution in [-0.4, -0.2) is 0 Å². The first kappa shape index (κ1) is 17.1. The predicted molar refractivity (Wildman–Crippen MR) is 121 cm³/mol. The molecule has 0 saturated heterocycles. The van der Waals surface area contributed by atoms with Gasteiger partial charge in [-0.3, -0.25) is 0 Å². The van der Waals surface area contributed by atoms with E-state index in [0.29, 0.717) is 0 Å². The number of hydrogen-bond donors (Lipinski definition) is 1. The molecule has 0 amide bonds. The number of fused-ring (bicyclic) bond motifs is 4. The standard InChI is InChI=1S/C27H25N/c1-17-8-7-10-22-25(15-12-18(2)26(17)22)28-19-13-14-21-20-9-5-6-11-23(20)27(3,4)24(21)16-19/h5-16,28H,1-4H3. The van der Waals surface area contributed by atoms with Crippen LogP contribution in [0, 0.1) is 13.8 Å². The van der Waals surface area contributed by atoms with Crippen LogP contribution in [0.15, 0.2) is 72.8 Å². The lowest BCUT2D eigenvalue weighted by Crippen LogP contribution is -2.15. The normalized spacial score (nSPS) is 14.0. The molecular formula is C27H25N. The molecule has 0 radical (unpaired) electrons. The fourth-order valence-electron chi connectivity index (χ4n) is 4.84. The van der Waals surface area contributed by atoms with E-state index in [9.17, 15) is 0 Å². The predicted octanol–water partition coefficient (Wildman–Crippen LogP) is 7.51. The van der Waals surface area contributed by atoms with Gasteiger partial charge < -0.3 is 5.32 Å². The number of hydrogen-bond acceptors (Lipinski definition) is 1. The maximum atomic E-state index is 3.70. The van der Waals surface area contributed by atoms with E-state index in [4.69, 9.17) is 0 Å². The average Bonchev–Trinajstić information content (AvgIpc) is 2.92. The Balaban J connectivity index is 1.61. The molecule has 138 valence electrons. The van der Waals surface area contributed by atoms with E-state index in [-0.39, 0.29) is 5.41 Å². The Bertz CT molecular complexity index is 1220. The van der Waals surface area contributed by atoms with Crippen LogP contribution in [0.2, 0.25) is 0 Å². The van der Waals surface area contributed by atoms with E-state index in [0.717, 1.165) is 11.4 Å². The molecule has 0 heterocycles. The number of anilines is 2. The molecule has 1 nitrogen and oxygen atoms in total. The van der Waals surface area contributed by atoms with Crippen molar-refractivity contribution in [3.8, 4) is 11.1 Å². The Hall–Kier alpha value is -3.06. The van der Waals surface area contributed by atoms with Crippen molar-refractivity contribution in [2.75, 3.05) is 5.32 Å². The molecule has 5 rings (SSSR count). The van der Waals surface area contributed by atoms with Gasteiger partial charge in [-0.15, -0.1) is 0 Å². The van der Waals surface area contributed by atoms with Crippen molar-refractivity contribution in [1.29, 1.82) is 0 Å². The molecule has 0 fully saturated rings. The van der Waals surface area contributed by atoms with Crippen LogP contribution in [-0.2, 0) is 5.41 Å². The molecule has 1 aliphatic rings. The van der Waals surface area contributed by atoms with E-state index in [2.05, 4.69) is 106 Å². The maximum absolute atomic E-state index is 3.70. The summed E-state index contributed by atoms with van der Waals surface area (Å²) >= 11 is 0. The van der Waals surface area contributed by atoms with Gasteiger partial charge in [-0.1, -0.05) is 68.4 Å². The van der Waals surface area contributed by atoms with Crippen molar-refractivity contribution < 1.29 is 0 Å². The molecular weight excluding hydrogens is 338 g/mol. The third-order valence-corrected chi connectivity index (χ3v) is 6.32. The van der Waals surface area contributed by atoms with Crippen LogP contribution < -0.4 is 5.32 Å². The summed E-state index contributed by atoms with van der Waals surface area (Å²) in [5, 5.41) is 6.32. The zero-order valence-corrected chi connectivity index (χ0v) is 16.9. The molecule has 1 heteroatoms. The van der Waals surface area contributed by atoms with Gasteiger partial charge in [0.25, 0.3) is 0 Å². The Morgan fingerprint density at radius 3 is 2.29 bits per heavy atom. The minimum atomic E-state index is 0.0234. The van der Waals surface area contributed by atoms with Crippen molar-refractivity contribution in [1.82, 2.24) is 0 Å². The van der Waals surface area contributed by atoms with E-state index < -0.39 is 0 Å². The van der Waals surface area contributed by atoms with Crippen LogP contribution in [0.3, 0.4) is 0 Å². The van der Waals surface area contributed by atoms with Crippen molar-refractivity contribution in [3.05, 3.63) is 95.1 Å². The lowest BCUT2D eigenvalue weighted by atomic mass is 9.82. The van der Waals surface area contributed by atoms with Gasteiger partial charge in [-0.05, 0) is 70.8 Å². The van der Waals surface area contributed by atoms with Crippen molar-refractivity contribution in [2.45, 2.75) is 33.1 Å². The summed E-state index contributed by atoms with van der Waals surface area (Å²) in [6, 6.07) is 26.6. The lowest BCUT2D eigenvalue weighted by Gasteiger charge is -2.22. The van der Waals surface area contributed by atoms with Gasteiger partial charge in [-0.2, -0.15) is 0 Å². The highest BCUT2D eigenvalue weighted by Crippen LogP contribution is 2.49. The molecule has 4 aromatic rings. The van der Waals surface area contributed by atoms with Crippen LogP contribution in [0.1, 0.15) is 36.1 Å². The maximum Gasteiger partial charge on any atom is 0.0464 e. The van der Waals surface area contributed by atoms with Gasteiger partial charge >= 0.3 is 0 Å². The molecule has 28 heavy (non-hydrogen) atoms. The zero-order chi connectivity index (χ0) is 19.5. The number of benzene rings is 4. The summed E-state index contributed by atoms with van der Waals surface area (Å²) in [6.45, 7) is 9.03. The monoisotopic (exact) mass is 363 g/mol.